The van der Waals surface area contributed by atoms with Gasteiger partial charge in [-0.05, 0) is 73.9 Å². The summed E-state index contributed by atoms with van der Waals surface area (Å²) in [5.41, 5.74) is 2.28. The molecular formula is C38H38Cl4N8O14S4. The van der Waals surface area contributed by atoms with Gasteiger partial charge in [0.05, 0.1) is 45.4 Å². The number of benzene rings is 4. The van der Waals surface area contributed by atoms with Gasteiger partial charge in [-0.3, -0.25) is 9.11 Å². The van der Waals surface area contributed by atoms with Crippen molar-refractivity contribution < 1.29 is 60.7 Å². The highest BCUT2D eigenvalue weighted by Gasteiger charge is 2.19. The summed E-state index contributed by atoms with van der Waals surface area (Å²) >= 11 is 25.3. The lowest BCUT2D eigenvalue weighted by Crippen LogP contribution is -2.12. The van der Waals surface area contributed by atoms with Gasteiger partial charge in [-0.1, -0.05) is 60.3 Å². The van der Waals surface area contributed by atoms with Crippen LogP contribution < -0.4 is 14.8 Å². The molecule has 0 aliphatic rings. The Kier molecular flexibility index (Phi) is 23.2. The lowest BCUT2D eigenvalue weighted by Gasteiger charge is -2.15. The number of hydrogen-bond donors (Lipinski definition) is 3. The number of rotatable bonds is 20. The van der Waals surface area contributed by atoms with Gasteiger partial charge in [0.2, 0.25) is 5.95 Å². The van der Waals surface area contributed by atoms with Crippen molar-refractivity contribution in [3.05, 3.63) is 110 Å². The summed E-state index contributed by atoms with van der Waals surface area (Å²) < 4.78 is 128. The van der Waals surface area contributed by atoms with Crippen LogP contribution in [0.15, 0.2) is 92.1 Å². The van der Waals surface area contributed by atoms with E-state index in [0.717, 1.165) is 18.9 Å². The molecule has 4 aromatic carbocycles. The first-order valence-corrected chi connectivity index (χ1v) is 25.8. The van der Waals surface area contributed by atoms with E-state index in [4.69, 9.17) is 86.1 Å². The first-order chi connectivity index (χ1) is 32.0. The molecule has 0 saturated heterocycles. The van der Waals surface area contributed by atoms with Crippen LogP contribution in [0.25, 0.3) is 0 Å². The molecule has 0 unspecified atom stereocenters. The quantitative estimate of drug-likeness (QED) is 0.0371. The van der Waals surface area contributed by atoms with E-state index >= 15 is 0 Å². The summed E-state index contributed by atoms with van der Waals surface area (Å²) in [5, 5.41) is 20.8. The van der Waals surface area contributed by atoms with E-state index in [9.17, 15) is 25.9 Å². The normalized spacial score (nSPS) is 11.4. The highest BCUT2D eigenvalue weighted by atomic mass is 35.5. The molecule has 0 amide bonds. The van der Waals surface area contributed by atoms with Crippen molar-refractivity contribution in [1.82, 2.24) is 15.0 Å². The summed E-state index contributed by atoms with van der Waals surface area (Å²) in [4.78, 5) is 13.5. The third-order valence-electron chi connectivity index (χ3n) is 8.05. The van der Waals surface area contributed by atoms with Crippen LogP contribution in [0.4, 0.5) is 28.7 Å². The lowest BCUT2D eigenvalue weighted by molar-refractivity contribution is 0.313. The van der Waals surface area contributed by atoms with Crippen LogP contribution in [0.1, 0.15) is 55.9 Å². The zero-order chi connectivity index (χ0) is 50.6. The SMILES string of the molecule is CCCNc1nc(Cc2cc(Cl)c(N=Nc3ccc(Cl)cc3)cc2OCCC)nc(Cc2cc(Cl)c(N=Nc3ccc(Cl)c(S(=O)(=O)O)c3)cc2OCCCS(=O)(=O)O)n1.O=S(=O)=O.O=S(=O)=O. The topological polar surface area (TPSA) is 330 Å². The third kappa shape index (κ3) is 20.9. The average molecular weight is 1100 g/mol. The summed E-state index contributed by atoms with van der Waals surface area (Å²) in [5.74, 6) is 1.20. The Morgan fingerprint density at radius 2 is 1.10 bits per heavy atom. The highest BCUT2D eigenvalue weighted by molar-refractivity contribution is 7.86. The standard InChI is InChI=1S/C38H38Cl4N8O8S2.2O3S/c1-3-12-43-38-45-36(18-23-16-29(41)31(21-33(23)57-13-4-2)49-47-26-8-6-25(39)7-9-26)44-37(46-38)19-24-17-30(42)32(22-34(24)58-14-5-15-59(51,52)53)50-48-27-10-11-28(40)35(20-27)60(54,55)56;2*1-4(2)3/h6-11,16-17,20-22H,3-5,12-15,18-19H2,1-2H3,(H,51,52,53)(H,54,55,56)(H,43,44,45,46);;. The second kappa shape index (κ2) is 27.6. The van der Waals surface area contributed by atoms with E-state index in [-0.39, 0.29) is 53.0 Å². The molecule has 68 heavy (non-hydrogen) atoms. The van der Waals surface area contributed by atoms with Gasteiger partial charge in [0, 0.05) is 47.7 Å². The first kappa shape index (κ1) is 57.0. The molecule has 3 N–H and O–H groups in total. The maximum atomic E-state index is 11.8. The molecule has 0 saturated carbocycles. The number of nitrogens with one attached hydrogen (secondary N) is 1. The van der Waals surface area contributed by atoms with Gasteiger partial charge in [0.1, 0.15) is 39.4 Å². The van der Waals surface area contributed by atoms with Crippen LogP contribution in [-0.2, 0) is 54.3 Å². The van der Waals surface area contributed by atoms with E-state index in [2.05, 4.69) is 35.7 Å². The maximum Gasteiger partial charge on any atom is 0.425 e. The van der Waals surface area contributed by atoms with Crippen molar-refractivity contribution in [2.45, 2.75) is 50.8 Å². The Balaban J connectivity index is 0.00000142. The zero-order valence-electron chi connectivity index (χ0n) is 35.3. The number of azo groups is 2. The van der Waals surface area contributed by atoms with Gasteiger partial charge < -0.3 is 14.8 Å². The Bertz CT molecular complexity index is 3040. The Hall–Kier alpha value is -5.29. The van der Waals surface area contributed by atoms with Gasteiger partial charge in [0.25, 0.3) is 20.2 Å². The van der Waals surface area contributed by atoms with Crippen molar-refractivity contribution in [2.75, 3.05) is 30.8 Å². The molecule has 0 bridgehead atoms. The summed E-state index contributed by atoms with van der Waals surface area (Å²) in [6, 6.07) is 17.0. The second-order valence-corrected chi connectivity index (χ2v) is 18.7. The summed E-state index contributed by atoms with van der Waals surface area (Å²) in [7, 11) is -15.1. The highest BCUT2D eigenvalue weighted by Crippen LogP contribution is 2.38. The molecular weight excluding hydrogens is 1060 g/mol. The van der Waals surface area contributed by atoms with E-state index in [1.54, 1.807) is 42.5 Å². The Morgan fingerprint density at radius 3 is 1.57 bits per heavy atom. The largest absolute Gasteiger partial charge is 0.493 e. The predicted octanol–water partition coefficient (Wildman–Crippen LogP) is 9.00. The summed E-state index contributed by atoms with van der Waals surface area (Å²) in [6.07, 6.45) is 1.72. The molecule has 5 rings (SSSR count). The molecule has 0 aliphatic heterocycles. The molecule has 0 atom stereocenters. The van der Waals surface area contributed by atoms with Gasteiger partial charge in [-0.15, -0.1) is 35.5 Å². The number of ether oxygens (including phenoxy) is 2. The van der Waals surface area contributed by atoms with E-state index in [1.165, 1.54) is 18.2 Å². The van der Waals surface area contributed by atoms with Gasteiger partial charge >= 0.3 is 21.2 Å². The van der Waals surface area contributed by atoms with Crippen molar-refractivity contribution >= 4 is 117 Å². The van der Waals surface area contributed by atoms with Crippen LogP contribution in [0.3, 0.4) is 0 Å². The minimum Gasteiger partial charge on any atom is -0.493 e. The van der Waals surface area contributed by atoms with Crippen LogP contribution in [0, 0.1) is 0 Å². The van der Waals surface area contributed by atoms with Crippen LogP contribution in [0.2, 0.25) is 20.1 Å². The first-order valence-electron chi connectivity index (χ1n) is 19.2. The molecule has 1 heterocycles. The third-order valence-corrected chi connectivity index (χ3v) is 11.0. The van der Waals surface area contributed by atoms with Gasteiger partial charge in [-0.25, -0.2) is 4.98 Å². The minimum absolute atomic E-state index is 0.0362. The van der Waals surface area contributed by atoms with Crippen LogP contribution in [-0.4, -0.2) is 91.7 Å². The van der Waals surface area contributed by atoms with E-state index < -0.39 is 52.1 Å². The lowest BCUT2D eigenvalue weighted by atomic mass is 10.1. The van der Waals surface area contributed by atoms with Crippen LogP contribution >= 0.6 is 46.4 Å². The van der Waals surface area contributed by atoms with Gasteiger partial charge in [0.15, 0.2) is 0 Å². The maximum absolute atomic E-state index is 11.8. The molecule has 366 valence electrons. The Morgan fingerprint density at radius 1 is 0.618 bits per heavy atom. The van der Waals surface area contributed by atoms with Crippen LogP contribution in [0.5, 0.6) is 11.5 Å². The molecule has 0 radical (unpaired) electrons. The fourth-order valence-corrected chi connectivity index (χ4v) is 7.32. The molecule has 30 heteroatoms. The van der Waals surface area contributed by atoms with Crippen molar-refractivity contribution in [3.8, 4) is 11.5 Å². The fraction of sp³-hybridized carbons (Fsp3) is 0.289. The van der Waals surface area contributed by atoms with Crippen molar-refractivity contribution in [3.63, 3.8) is 0 Å². The average Bonchev–Trinajstić information content (AvgIpc) is 3.24. The van der Waals surface area contributed by atoms with E-state index in [0.29, 0.717) is 69.0 Å². The summed E-state index contributed by atoms with van der Waals surface area (Å²) in [6.45, 7) is 4.84. The molecule has 1 aromatic heterocycles. The number of anilines is 1. The van der Waals surface area contributed by atoms with Gasteiger partial charge in [-0.2, -0.15) is 37.0 Å². The second-order valence-electron chi connectivity index (χ2n) is 13.3. The smallest absolute Gasteiger partial charge is 0.425 e. The number of nitrogens with zero attached hydrogens (tertiary/aromatic N) is 7. The minimum atomic E-state index is -4.65. The van der Waals surface area contributed by atoms with E-state index in [1.807, 2.05) is 13.8 Å². The molecule has 22 nitrogen and oxygen atoms in total. The van der Waals surface area contributed by atoms with Crippen molar-refractivity contribution in [1.29, 1.82) is 0 Å². The monoisotopic (exact) mass is 1100 g/mol. The van der Waals surface area contributed by atoms with Crippen molar-refractivity contribution in [2.24, 2.45) is 20.5 Å². The number of hydrogen-bond acceptors (Lipinski definition) is 20. The number of halogens is 4. The number of aromatic nitrogens is 3. The predicted molar refractivity (Wildman–Crippen MR) is 250 cm³/mol. The molecule has 5 aromatic rings. The fourth-order valence-electron chi connectivity index (χ4n) is 5.27. The molecule has 0 aliphatic carbocycles. The zero-order valence-corrected chi connectivity index (χ0v) is 41.6. The molecule has 0 spiro atoms. The molecule has 0 fully saturated rings. The Labute approximate surface area is 412 Å².